The average Bonchev–Trinajstić information content (AvgIpc) is 2.51. The van der Waals surface area contributed by atoms with Gasteiger partial charge in [-0.1, -0.05) is 13.3 Å². The fourth-order valence-electron chi connectivity index (χ4n) is 2.10. The predicted octanol–water partition coefficient (Wildman–Crippen LogP) is 5.52. The first-order chi connectivity index (χ1) is 11.1. The van der Waals surface area contributed by atoms with Crippen molar-refractivity contribution in [1.82, 2.24) is 9.97 Å². The summed E-state index contributed by atoms with van der Waals surface area (Å²) in [5, 5.41) is 0. The van der Waals surface area contributed by atoms with E-state index in [4.69, 9.17) is 0 Å². The minimum absolute atomic E-state index is 0.0825. The van der Waals surface area contributed by atoms with Gasteiger partial charge in [0.25, 0.3) is 0 Å². The Labute approximate surface area is 134 Å². The molecular weight excluding hydrogens is 334 g/mol. The van der Waals surface area contributed by atoms with Crippen LogP contribution >= 0.6 is 0 Å². The maximum Gasteiger partial charge on any atom is 0.416 e. The van der Waals surface area contributed by atoms with E-state index in [-0.39, 0.29) is 17.5 Å². The van der Waals surface area contributed by atoms with Crippen molar-refractivity contribution in [3.05, 3.63) is 47.3 Å². The molecule has 0 aliphatic heterocycles. The number of rotatable bonds is 4. The van der Waals surface area contributed by atoms with Crippen molar-refractivity contribution in [3.8, 4) is 11.4 Å². The quantitative estimate of drug-likeness (QED) is 0.680. The summed E-state index contributed by atoms with van der Waals surface area (Å²) in [6, 6.07) is 1.33. The fraction of sp³-hybridized carbons (Fsp3) is 0.375. The molecule has 0 unspecified atom stereocenters. The van der Waals surface area contributed by atoms with Crippen molar-refractivity contribution >= 4 is 0 Å². The molecule has 0 saturated carbocycles. The van der Waals surface area contributed by atoms with Crippen LogP contribution in [0.5, 0.6) is 0 Å². The first-order valence-corrected chi connectivity index (χ1v) is 7.22. The van der Waals surface area contributed by atoms with Crippen molar-refractivity contribution in [2.75, 3.05) is 0 Å². The van der Waals surface area contributed by atoms with Gasteiger partial charge in [0.1, 0.15) is 0 Å². The molecule has 0 saturated heterocycles. The van der Waals surface area contributed by atoms with E-state index in [2.05, 4.69) is 9.97 Å². The Morgan fingerprint density at radius 2 is 1.33 bits per heavy atom. The zero-order valence-corrected chi connectivity index (χ0v) is 12.7. The smallest absolute Gasteiger partial charge is 0.236 e. The Bertz CT molecular complexity index is 657. The summed E-state index contributed by atoms with van der Waals surface area (Å²) < 4.78 is 77.1. The largest absolute Gasteiger partial charge is 0.416 e. The summed E-state index contributed by atoms with van der Waals surface area (Å²) in [6.07, 6.45) is -4.40. The zero-order valence-electron chi connectivity index (χ0n) is 12.7. The molecule has 130 valence electrons. The lowest BCUT2D eigenvalue weighted by atomic mass is 10.0. The molecule has 2 rings (SSSR count). The summed E-state index contributed by atoms with van der Waals surface area (Å²) in [6.45, 7) is 2.00. The summed E-state index contributed by atoms with van der Waals surface area (Å²) in [5.74, 6) is -0.174. The lowest BCUT2D eigenvalue weighted by Gasteiger charge is -2.13. The van der Waals surface area contributed by atoms with E-state index in [9.17, 15) is 26.3 Å². The van der Waals surface area contributed by atoms with E-state index in [0.29, 0.717) is 18.6 Å². The van der Waals surface area contributed by atoms with Crippen molar-refractivity contribution in [2.45, 2.75) is 38.5 Å². The van der Waals surface area contributed by atoms with E-state index in [1.807, 2.05) is 6.92 Å². The molecule has 2 nitrogen and oxygen atoms in total. The summed E-state index contributed by atoms with van der Waals surface area (Å²) >= 11 is 0. The van der Waals surface area contributed by atoms with Gasteiger partial charge < -0.3 is 0 Å². The lowest BCUT2D eigenvalue weighted by Crippen LogP contribution is -2.11. The molecule has 0 N–H and O–H groups in total. The number of halogens is 6. The van der Waals surface area contributed by atoms with Crippen LogP contribution in [0, 0.1) is 0 Å². The molecule has 0 bridgehead atoms. The number of hydrogen-bond donors (Lipinski definition) is 0. The second-order valence-corrected chi connectivity index (χ2v) is 5.31. The molecule has 0 atom stereocenters. The van der Waals surface area contributed by atoms with Crippen LogP contribution in [0.15, 0.2) is 30.6 Å². The standard InChI is InChI=1S/C16H14F6N2/c1-2-3-4-10-8-23-14(24-9-10)11-5-12(15(17,18)19)7-13(6-11)16(20,21)22/h5-9H,2-4H2,1H3. The van der Waals surface area contributed by atoms with Gasteiger partial charge in [-0.3, -0.25) is 0 Å². The summed E-state index contributed by atoms with van der Waals surface area (Å²) in [5.41, 5.74) is -2.31. The van der Waals surface area contributed by atoms with Gasteiger partial charge in [-0.2, -0.15) is 26.3 Å². The third-order valence-electron chi connectivity index (χ3n) is 3.37. The minimum atomic E-state index is -4.89. The second kappa shape index (κ2) is 6.78. The van der Waals surface area contributed by atoms with Crippen LogP contribution in [0.3, 0.4) is 0 Å². The van der Waals surface area contributed by atoms with Crippen molar-refractivity contribution in [1.29, 1.82) is 0 Å². The monoisotopic (exact) mass is 348 g/mol. The Morgan fingerprint density at radius 1 is 0.833 bits per heavy atom. The van der Waals surface area contributed by atoms with Crippen molar-refractivity contribution in [2.24, 2.45) is 0 Å². The molecule has 2 aromatic rings. The number of nitrogens with zero attached hydrogens (tertiary/aromatic N) is 2. The van der Waals surface area contributed by atoms with Crippen LogP contribution < -0.4 is 0 Å². The van der Waals surface area contributed by atoms with Gasteiger partial charge in [-0.05, 0) is 36.6 Å². The van der Waals surface area contributed by atoms with Gasteiger partial charge in [-0.15, -0.1) is 0 Å². The molecule has 0 amide bonds. The zero-order chi connectivity index (χ0) is 18.0. The van der Waals surface area contributed by atoms with Gasteiger partial charge >= 0.3 is 12.4 Å². The highest BCUT2D eigenvalue weighted by Gasteiger charge is 2.37. The third kappa shape index (κ3) is 4.46. The van der Waals surface area contributed by atoms with E-state index in [0.717, 1.165) is 18.4 Å². The SMILES string of the molecule is CCCCc1cnc(-c2cc(C(F)(F)F)cc(C(F)(F)F)c2)nc1. The van der Waals surface area contributed by atoms with Gasteiger partial charge in [-0.25, -0.2) is 9.97 Å². The Balaban J connectivity index is 2.45. The van der Waals surface area contributed by atoms with E-state index in [1.165, 1.54) is 12.4 Å². The molecule has 1 aromatic heterocycles. The number of aromatic nitrogens is 2. The van der Waals surface area contributed by atoms with Crippen LogP contribution in [0.4, 0.5) is 26.3 Å². The average molecular weight is 348 g/mol. The molecule has 1 heterocycles. The Hall–Kier alpha value is -2.12. The lowest BCUT2D eigenvalue weighted by molar-refractivity contribution is -0.143. The summed E-state index contributed by atoms with van der Waals surface area (Å²) in [7, 11) is 0. The molecule has 0 spiro atoms. The number of unbranched alkanes of at least 4 members (excludes halogenated alkanes) is 1. The highest BCUT2D eigenvalue weighted by Crippen LogP contribution is 2.37. The highest BCUT2D eigenvalue weighted by atomic mass is 19.4. The maximum atomic E-state index is 12.8. The van der Waals surface area contributed by atoms with Gasteiger partial charge in [0.2, 0.25) is 0 Å². The Kier molecular flexibility index (Phi) is 5.15. The molecule has 24 heavy (non-hydrogen) atoms. The molecular formula is C16H14F6N2. The van der Waals surface area contributed by atoms with Gasteiger partial charge in [0, 0.05) is 18.0 Å². The highest BCUT2D eigenvalue weighted by molar-refractivity contribution is 5.58. The molecule has 8 heteroatoms. The van der Waals surface area contributed by atoms with Crippen LogP contribution in [-0.2, 0) is 18.8 Å². The minimum Gasteiger partial charge on any atom is -0.236 e. The molecule has 0 fully saturated rings. The third-order valence-corrected chi connectivity index (χ3v) is 3.37. The van der Waals surface area contributed by atoms with Crippen LogP contribution in [0.25, 0.3) is 11.4 Å². The van der Waals surface area contributed by atoms with Gasteiger partial charge in [0.15, 0.2) is 5.82 Å². The second-order valence-electron chi connectivity index (χ2n) is 5.31. The summed E-state index contributed by atoms with van der Waals surface area (Å²) in [4.78, 5) is 7.80. The maximum absolute atomic E-state index is 12.8. The van der Waals surface area contributed by atoms with Crippen LogP contribution in [0.1, 0.15) is 36.5 Å². The number of aryl methyl sites for hydroxylation is 1. The van der Waals surface area contributed by atoms with Gasteiger partial charge in [0.05, 0.1) is 11.1 Å². The molecule has 0 aliphatic carbocycles. The topological polar surface area (TPSA) is 25.8 Å². The van der Waals surface area contributed by atoms with E-state index < -0.39 is 23.5 Å². The first-order valence-electron chi connectivity index (χ1n) is 7.22. The first kappa shape index (κ1) is 18.2. The van der Waals surface area contributed by atoms with E-state index >= 15 is 0 Å². The number of benzene rings is 1. The molecule has 0 aliphatic rings. The van der Waals surface area contributed by atoms with Crippen LogP contribution in [0.2, 0.25) is 0 Å². The fourth-order valence-corrected chi connectivity index (χ4v) is 2.10. The van der Waals surface area contributed by atoms with E-state index in [1.54, 1.807) is 0 Å². The molecule has 1 aromatic carbocycles. The number of alkyl halides is 6. The normalized spacial score (nSPS) is 12.5. The van der Waals surface area contributed by atoms with Crippen molar-refractivity contribution in [3.63, 3.8) is 0 Å². The van der Waals surface area contributed by atoms with Crippen LogP contribution in [-0.4, -0.2) is 9.97 Å². The number of hydrogen-bond acceptors (Lipinski definition) is 2. The van der Waals surface area contributed by atoms with Crippen molar-refractivity contribution < 1.29 is 26.3 Å². The predicted molar refractivity (Wildman–Crippen MR) is 76.1 cm³/mol. The Morgan fingerprint density at radius 3 is 1.75 bits per heavy atom. The molecule has 0 radical (unpaired) electrons.